The van der Waals surface area contributed by atoms with E-state index in [-0.39, 0.29) is 0 Å². The van der Waals surface area contributed by atoms with Crippen LogP contribution in [0.15, 0.2) is 34.6 Å². The number of nitro groups is 1. The van der Waals surface area contributed by atoms with Crippen molar-refractivity contribution in [3.8, 4) is 0 Å². The molecule has 0 amide bonds. The third-order valence-corrected chi connectivity index (χ3v) is 2.88. The highest BCUT2D eigenvalue weighted by atomic mass is 79.9. The topological polar surface area (TPSA) is 55.2 Å². The van der Waals surface area contributed by atoms with E-state index in [1.54, 1.807) is 6.92 Å². The second-order valence-corrected chi connectivity index (χ2v) is 3.95. The molecular formula is C10H11BrN2O2. The van der Waals surface area contributed by atoms with Crippen LogP contribution in [0.1, 0.15) is 12.5 Å². The summed E-state index contributed by atoms with van der Waals surface area (Å²) >= 11 is 3.42. The molecule has 1 aromatic rings. The van der Waals surface area contributed by atoms with E-state index in [1.165, 1.54) is 0 Å². The summed E-state index contributed by atoms with van der Waals surface area (Å²) in [5.74, 6) is 0. The Kier molecular flexibility index (Phi) is 3.85. The smallest absolute Gasteiger partial charge is 0.253 e. The summed E-state index contributed by atoms with van der Waals surface area (Å²) in [5.41, 5.74) is 2.39. The van der Waals surface area contributed by atoms with Gasteiger partial charge in [0.15, 0.2) is 0 Å². The number of benzene rings is 1. The molecule has 4 nitrogen and oxygen atoms in total. The fourth-order valence-electron chi connectivity index (χ4n) is 1.15. The maximum atomic E-state index is 10.2. The predicted octanol–water partition coefficient (Wildman–Crippen LogP) is 3.31. The molecule has 0 aromatic heterocycles. The van der Waals surface area contributed by atoms with E-state index in [1.807, 2.05) is 25.1 Å². The Morgan fingerprint density at radius 1 is 1.60 bits per heavy atom. The number of hydrogen-bond donors (Lipinski definition) is 1. The minimum atomic E-state index is -0.480. The summed E-state index contributed by atoms with van der Waals surface area (Å²) < 4.78 is 0.918. The average molecular weight is 271 g/mol. The monoisotopic (exact) mass is 270 g/mol. The highest BCUT2D eigenvalue weighted by Gasteiger charge is 2.03. The van der Waals surface area contributed by atoms with Crippen molar-refractivity contribution in [2.75, 3.05) is 5.32 Å². The lowest BCUT2D eigenvalue weighted by molar-refractivity contribution is -0.403. The number of hydrogen-bond acceptors (Lipinski definition) is 3. The van der Waals surface area contributed by atoms with E-state index >= 15 is 0 Å². The molecule has 0 radical (unpaired) electrons. The van der Waals surface area contributed by atoms with Crippen LogP contribution in [-0.4, -0.2) is 4.92 Å². The molecule has 80 valence electrons. The Hall–Kier alpha value is -1.36. The van der Waals surface area contributed by atoms with Crippen molar-refractivity contribution in [3.05, 3.63) is 50.2 Å². The van der Waals surface area contributed by atoms with Gasteiger partial charge in [0.25, 0.3) is 6.20 Å². The quantitative estimate of drug-likeness (QED) is 0.677. The second-order valence-electron chi connectivity index (χ2n) is 3.16. The molecule has 0 saturated heterocycles. The van der Waals surface area contributed by atoms with Crippen LogP contribution in [0.2, 0.25) is 0 Å². The average Bonchev–Trinajstić information content (AvgIpc) is 2.11. The zero-order chi connectivity index (χ0) is 11.4. The van der Waals surface area contributed by atoms with Gasteiger partial charge in [-0.15, -0.1) is 0 Å². The van der Waals surface area contributed by atoms with Crippen LogP contribution in [0, 0.1) is 17.0 Å². The van der Waals surface area contributed by atoms with Gasteiger partial charge in [-0.3, -0.25) is 10.1 Å². The van der Waals surface area contributed by atoms with E-state index in [4.69, 9.17) is 0 Å². The molecule has 0 bridgehead atoms. The molecule has 0 aliphatic rings. The number of halogens is 1. The van der Waals surface area contributed by atoms with Gasteiger partial charge in [-0.05, 0) is 41.4 Å². The molecule has 0 aliphatic heterocycles. The van der Waals surface area contributed by atoms with Crippen LogP contribution >= 0.6 is 15.9 Å². The van der Waals surface area contributed by atoms with Gasteiger partial charge in [-0.25, -0.2) is 0 Å². The second kappa shape index (κ2) is 4.93. The Bertz CT molecular complexity index is 416. The molecular weight excluding hydrogens is 260 g/mol. The van der Waals surface area contributed by atoms with Crippen LogP contribution < -0.4 is 5.32 Å². The van der Waals surface area contributed by atoms with Crippen LogP contribution in [0.4, 0.5) is 5.69 Å². The van der Waals surface area contributed by atoms with E-state index in [2.05, 4.69) is 21.2 Å². The van der Waals surface area contributed by atoms with Gasteiger partial charge < -0.3 is 5.32 Å². The highest BCUT2D eigenvalue weighted by molar-refractivity contribution is 9.10. The SMILES string of the molecule is C/C(=C/[N+](=O)[O-])Nc1cccc(C)c1Br. The van der Waals surface area contributed by atoms with Crippen molar-refractivity contribution in [1.82, 2.24) is 0 Å². The molecule has 0 saturated carbocycles. The maximum Gasteiger partial charge on any atom is 0.253 e. The predicted molar refractivity (Wildman–Crippen MR) is 63.3 cm³/mol. The van der Waals surface area contributed by atoms with Crippen LogP contribution in [0.25, 0.3) is 0 Å². The minimum Gasteiger partial charge on any atom is -0.353 e. The Labute approximate surface area is 96.3 Å². The summed E-state index contributed by atoms with van der Waals surface area (Å²) in [6.45, 7) is 3.61. The molecule has 0 unspecified atom stereocenters. The minimum absolute atomic E-state index is 0.480. The van der Waals surface area contributed by atoms with Gasteiger partial charge in [0, 0.05) is 4.47 Å². The summed E-state index contributed by atoms with van der Waals surface area (Å²) in [6.07, 6.45) is 0.939. The highest BCUT2D eigenvalue weighted by Crippen LogP contribution is 2.26. The summed E-state index contributed by atoms with van der Waals surface area (Å²) in [5, 5.41) is 13.2. The van der Waals surface area contributed by atoms with E-state index in [0.717, 1.165) is 21.9 Å². The maximum absolute atomic E-state index is 10.2. The Morgan fingerprint density at radius 3 is 2.87 bits per heavy atom. The Morgan fingerprint density at radius 2 is 2.27 bits per heavy atom. The van der Waals surface area contributed by atoms with Crippen LogP contribution in [0.3, 0.4) is 0 Å². The number of nitrogens with one attached hydrogen (secondary N) is 1. The van der Waals surface area contributed by atoms with E-state index in [0.29, 0.717) is 5.70 Å². The number of anilines is 1. The summed E-state index contributed by atoms with van der Waals surface area (Å²) in [6, 6.07) is 5.71. The number of allylic oxidation sites excluding steroid dienone is 1. The number of aryl methyl sites for hydroxylation is 1. The van der Waals surface area contributed by atoms with Crippen molar-refractivity contribution in [2.24, 2.45) is 0 Å². The summed E-state index contributed by atoms with van der Waals surface area (Å²) in [4.78, 5) is 9.75. The molecule has 1 aromatic carbocycles. The zero-order valence-electron chi connectivity index (χ0n) is 8.45. The number of rotatable bonds is 3. The van der Waals surface area contributed by atoms with Crippen LogP contribution in [0.5, 0.6) is 0 Å². The molecule has 15 heavy (non-hydrogen) atoms. The van der Waals surface area contributed by atoms with E-state index < -0.39 is 4.92 Å². The lowest BCUT2D eigenvalue weighted by atomic mass is 10.2. The molecule has 0 heterocycles. The van der Waals surface area contributed by atoms with Crippen molar-refractivity contribution in [3.63, 3.8) is 0 Å². The lowest BCUT2D eigenvalue weighted by Crippen LogP contribution is -2.00. The first-order valence-electron chi connectivity index (χ1n) is 4.35. The third kappa shape index (κ3) is 3.36. The normalized spacial score (nSPS) is 11.3. The first-order chi connectivity index (χ1) is 7.00. The van der Waals surface area contributed by atoms with Crippen LogP contribution in [-0.2, 0) is 0 Å². The summed E-state index contributed by atoms with van der Waals surface area (Å²) in [7, 11) is 0. The van der Waals surface area contributed by atoms with Crippen molar-refractivity contribution in [1.29, 1.82) is 0 Å². The first-order valence-corrected chi connectivity index (χ1v) is 5.14. The van der Waals surface area contributed by atoms with Crippen molar-refractivity contribution < 1.29 is 4.92 Å². The van der Waals surface area contributed by atoms with Gasteiger partial charge >= 0.3 is 0 Å². The van der Waals surface area contributed by atoms with Crippen molar-refractivity contribution >= 4 is 21.6 Å². The zero-order valence-corrected chi connectivity index (χ0v) is 10.0. The first kappa shape index (κ1) is 11.7. The third-order valence-electron chi connectivity index (χ3n) is 1.82. The van der Waals surface area contributed by atoms with Gasteiger partial charge in [0.2, 0.25) is 0 Å². The largest absolute Gasteiger partial charge is 0.353 e. The molecule has 1 rings (SSSR count). The fourth-order valence-corrected chi connectivity index (χ4v) is 1.51. The standard InChI is InChI=1S/C10H11BrN2O2/c1-7-4-3-5-9(10(7)11)12-8(2)6-13(14)15/h3-6,12H,1-2H3/b8-6-. The number of nitrogens with zero attached hydrogens (tertiary/aromatic N) is 1. The molecule has 0 atom stereocenters. The van der Waals surface area contributed by atoms with E-state index in [9.17, 15) is 10.1 Å². The molecule has 0 spiro atoms. The lowest BCUT2D eigenvalue weighted by Gasteiger charge is -2.08. The van der Waals surface area contributed by atoms with Crippen molar-refractivity contribution in [2.45, 2.75) is 13.8 Å². The van der Waals surface area contributed by atoms with Gasteiger partial charge in [0.05, 0.1) is 16.3 Å². The van der Waals surface area contributed by atoms with Gasteiger partial charge in [0.1, 0.15) is 0 Å². The molecule has 1 N–H and O–H groups in total. The molecule has 5 heteroatoms. The van der Waals surface area contributed by atoms with Gasteiger partial charge in [-0.2, -0.15) is 0 Å². The molecule has 0 aliphatic carbocycles. The Balaban J connectivity index is 2.90. The van der Waals surface area contributed by atoms with Gasteiger partial charge in [-0.1, -0.05) is 12.1 Å². The molecule has 0 fully saturated rings. The fraction of sp³-hybridized carbons (Fsp3) is 0.200.